The lowest BCUT2D eigenvalue weighted by molar-refractivity contribution is -0.384. The fraction of sp³-hybridized carbons (Fsp3) is 0.250. The summed E-state index contributed by atoms with van der Waals surface area (Å²) in [7, 11) is 3.55. The predicted octanol–water partition coefficient (Wildman–Crippen LogP) is 2.42. The maximum Gasteiger partial charge on any atom is 0.293 e. The van der Waals surface area contributed by atoms with Crippen LogP contribution in [0.5, 0.6) is 0 Å². The molecule has 0 atom stereocenters. The second-order valence-corrected chi connectivity index (χ2v) is 3.70. The van der Waals surface area contributed by atoms with Gasteiger partial charge in [-0.2, -0.15) is 0 Å². The van der Waals surface area contributed by atoms with E-state index in [1.54, 1.807) is 31.1 Å². The lowest BCUT2D eigenvalue weighted by atomic mass is 10.2. The number of hydrogen-bond donors (Lipinski definition) is 0. The second kappa shape index (κ2) is 3.74. The first-order valence-electron chi connectivity index (χ1n) is 3.63. The normalized spacial score (nSPS) is 9.77. The van der Waals surface area contributed by atoms with Crippen molar-refractivity contribution in [1.29, 1.82) is 0 Å². The predicted molar refractivity (Wildman–Crippen MR) is 55.1 cm³/mol. The first-order chi connectivity index (χ1) is 6.02. The van der Waals surface area contributed by atoms with E-state index in [0.717, 1.165) is 0 Å². The Morgan fingerprint density at radius 1 is 1.46 bits per heavy atom. The van der Waals surface area contributed by atoms with Gasteiger partial charge in [0.15, 0.2) is 0 Å². The highest BCUT2D eigenvalue weighted by Crippen LogP contribution is 2.29. The Bertz CT molecular complexity index is 339. The van der Waals surface area contributed by atoms with Gasteiger partial charge in [-0.3, -0.25) is 10.1 Å². The second-order valence-electron chi connectivity index (χ2n) is 2.78. The number of nitrogens with zero attached hydrogens (tertiary/aromatic N) is 2. The van der Waals surface area contributed by atoms with E-state index in [9.17, 15) is 10.1 Å². The van der Waals surface area contributed by atoms with Crippen molar-refractivity contribution in [3.63, 3.8) is 0 Å². The first kappa shape index (κ1) is 9.98. The van der Waals surface area contributed by atoms with Gasteiger partial charge in [0.25, 0.3) is 5.69 Å². The third-order valence-corrected chi connectivity index (χ3v) is 2.11. The van der Waals surface area contributed by atoms with E-state index in [2.05, 4.69) is 15.9 Å². The quantitative estimate of drug-likeness (QED) is 0.593. The molecule has 4 nitrogen and oxygen atoms in total. The standard InChI is InChI=1S/C8H9BrN2O2/c1-10(2)7-4-3-6(9)5-8(7)11(12)13/h3-5H,1-2H3. The zero-order valence-electron chi connectivity index (χ0n) is 7.32. The molecule has 1 aromatic rings. The Morgan fingerprint density at radius 2 is 2.08 bits per heavy atom. The summed E-state index contributed by atoms with van der Waals surface area (Å²) in [5.74, 6) is 0. The van der Waals surface area contributed by atoms with Gasteiger partial charge in [-0.25, -0.2) is 0 Å². The Hall–Kier alpha value is -1.10. The van der Waals surface area contributed by atoms with E-state index >= 15 is 0 Å². The number of rotatable bonds is 2. The molecule has 0 fully saturated rings. The van der Waals surface area contributed by atoms with Crippen LogP contribution in [0.15, 0.2) is 22.7 Å². The van der Waals surface area contributed by atoms with E-state index in [0.29, 0.717) is 10.2 Å². The molecule has 0 spiro atoms. The van der Waals surface area contributed by atoms with E-state index < -0.39 is 0 Å². The summed E-state index contributed by atoms with van der Waals surface area (Å²) in [6, 6.07) is 4.99. The van der Waals surface area contributed by atoms with Gasteiger partial charge in [0, 0.05) is 24.6 Å². The molecule has 0 amide bonds. The van der Waals surface area contributed by atoms with Crippen LogP contribution in [0.3, 0.4) is 0 Å². The van der Waals surface area contributed by atoms with Crippen molar-refractivity contribution < 1.29 is 4.92 Å². The molecule has 70 valence electrons. The molecule has 0 saturated carbocycles. The van der Waals surface area contributed by atoms with Crippen LogP contribution in [0, 0.1) is 10.1 Å². The van der Waals surface area contributed by atoms with Gasteiger partial charge in [0.2, 0.25) is 0 Å². The highest BCUT2D eigenvalue weighted by molar-refractivity contribution is 9.10. The van der Waals surface area contributed by atoms with Gasteiger partial charge in [-0.15, -0.1) is 0 Å². The van der Waals surface area contributed by atoms with E-state index in [-0.39, 0.29) is 10.6 Å². The van der Waals surface area contributed by atoms with Crippen molar-refractivity contribution in [2.75, 3.05) is 19.0 Å². The minimum Gasteiger partial charge on any atom is -0.372 e. The molecular formula is C8H9BrN2O2. The van der Waals surface area contributed by atoms with Crippen molar-refractivity contribution in [3.05, 3.63) is 32.8 Å². The maximum atomic E-state index is 10.6. The van der Waals surface area contributed by atoms with Crippen LogP contribution in [-0.4, -0.2) is 19.0 Å². The third kappa shape index (κ3) is 2.18. The summed E-state index contributed by atoms with van der Waals surface area (Å²) in [6.45, 7) is 0. The average Bonchev–Trinajstić information content (AvgIpc) is 2.03. The SMILES string of the molecule is CN(C)c1ccc(Br)cc1[N+](=O)[O-]. The fourth-order valence-electron chi connectivity index (χ4n) is 1.02. The van der Waals surface area contributed by atoms with Crippen LogP contribution in [0.25, 0.3) is 0 Å². The lowest BCUT2D eigenvalue weighted by Crippen LogP contribution is -2.10. The molecule has 0 aliphatic heterocycles. The minimum atomic E-state index is -0.389. The molecule has 0 bridgehead atoms. The average molecular weight is 245 g/mol. The Balaban J connectivity index is 3.27. The monoisotopic (exact) mass is 244 g/mol. The number of anilines is 1. The van der Waals surface area contributed by atoms with E-state index in [1.807, 2.05) is 0 Å². The number of nitro groups is 1. The summed E-state index contributed by atoms with van der Waals surface area (Å²) in [4.78, 5) is 12.0. The molecule has 0 aliphatic rings. The molecule has 0 saturated heterocycles. The highest BCUT2D eigenvalue weighted by atomic mass is 79.9. The Labute approximate surface area is 84.4 Å². The molecule has 1 rings (SSSR count). The van der Waals surface area contributed by atoms with Gasteiger partial charge in [0.05, 0.1) is 4.92 Å². The van der Waals surface area contributed by atoms with Crippen LogP contribution in [0.1, 0.15) is 0 Å². The number of halogens is 1. The molecule has 0 aromatic heterocycles. The molecular weight excluding hydrogens is 236 g/mol. The van der Waals surface area contributed by atoms with Crippen LogP contribution >= 0.6 is 15.9 Å². The first-order valence-corrected chi connectivity index (χ1v) is 4.43. The highest BCUT2D eigenvalue weighted by Gasteiger charge is 2.14. The zero-order chi connectivity index (χ0) is 10.0. The van der Waals surface area contributed by atoms with Crippen LogP contribution in [0.2, 0.25) is 0 Å². The summed E-state index contributed by atoms with van der Waals surface area (Å²) in [6.07, 6.45) is 0. The van der Waals surface area contributed by atoms with Crippen molar-refractivity contribution in [2.45, 2.75) is 0 Å². The molecule has 0 N–H and O–H groups in total. The van der Waals surface area contributed by atoms with Gasteiger partial charge in [0.1, 0.15) is 5.69 Å². The summed E-state index contributed by atoms with van der Waals surface area (Å²) in [5.41, 5.74) is 0.715. The van der Waals surface area contributed by atoms with Crippen molar-refractivity contribution in [3.8, 4) is 0 Å². The fourth-order valence-corrected chi connectivity index (χ4v) is 1.37. The smallest absolute Gasteiger partial charge is 0.293 e. The third-order valence-electron chi connectivity index (χ3n) is 1.62. The van der Waals surface area contributed by atoms with Crippen molar-refractivity contribution in [2.24, 2.45) is 0 Å². The maximum absolute atomic E-state index is 10.6. The lowest BCUT2D eigenvalue weighted by Gasteiger charge is -2.12. The number of nitro benzene ring substituents is 1. The Morgan fingerprint density at radius 3 is 2.54 bits per heavy atom. The van der Waals surface area contributed by atoms with Crippen LogP contribution in [-0.2, 0) is 0 Å². The summed E-state index contributed by atoms with van der Waals surface area (Å²) >= 11 is 3.19. The van der Waals surface area contributed by atoms with Crippen LogP contribution in [0.4, 0.5) is 11.4 Å². The number of benzene rings is 1. The summed E-state index contributed by atoms with van der Waals surface area (Å²) < 4.78 is 0.713. The van der Waals surface area contributed by atoms with Crippen LogP contribution < -0.4 is 4.90 Å². The van der Waals surface area contributed by atoms with E-state index in [4.69, 9.17) is 0 Å². The topological polar surface area (TPSA) is 46.4 Å². The molecule has 1 aromatic carbocycles. The minimum absolute atomic E-state index is 0.111. The van der Waals surface area contributed by atoms with Gasteiger partial charge < -0.3 is 4.90 Å². The molecule has 5 heteroatoms. The van der Waals surface area contributed by atoms with Gasteiger partial charge >= 0.3 is 0 Å². The van der Waals surface area contributed by atoms with E-state index in [1.165, 1.54) is 6.07 Å². The Kier molecular flexibility index (Phi) is 2.87. The molecule has 0 heterocycles. The van der Waals surface area contributed by atoms with Crippen molar-refractivity contribution in [1.82, 2.24) is 0 Å². The number of hydrogen-bond acceptors (Lipinski definition) is 3. The summed E-state index contributed by atoms with van der Waals surface area (Å²) in [5, 5.41) is 10.6. The van der Waals surface area contributed by atoms with Crippen molar-refractivity contribution >= 4 is 27.3 Å². The molecule has 13 heavy (non-hydrogen) atoms. The molecule has 0 unspecified atom stereocenters. The zero-order valence-corrected chi connectivity index (χ0v) is 8.91. The van der Waals surface area contributed by atoms with Gasteiger partial charge in [-0.1, -0.05) is 15.9 Å². The molecule has 0 radical (unpaired) electrons. The molecule has 0 aliphatic carbocycles. The largest absolute Gasteiger partial charge is 0.372 e. The van der Waals surface area contributed by atoms with Gasteiger partial charge in [-0.05, 0) is 12.1 Å².